The van der Waals surface area contributed by atoms with Gasteiger partial charge in [0.15, 0.2) is 9.84 Å². The molecule has 0 aliphatic heterocycles. The van der Waals surface area contributed by atoms with E-state index in [0.717, 1.165) is 16.6 Å². The number of hydrogen-bond donors (Lipinski definition) is 1. The van der Waals surface area contributed by atoms with Gasteiger partial charge in [0, 0.05) is 32.3 Å². The van der Waals surface area contributed by atoms with Crippen molar-refractivity contribution in [1.82, 2.24) is 9.03 Å². The molecule has 0 saturated carbocycles. The Hall–Kier alpha value is -2.24. The number of nitrogens with one attached hydrogen (secondary N) is 1. The summed E-state index contributed by atoms with van der Waals surface area (Å²) >= 11 is 0. The Morgan fingerprint density at radius 3 is 2.10 bits per heavy atom. The van der Waals surface area contributed by atoms with Crippen LogP contribution < -0.4 is 9.46 Å². The quantitative estimate of drug-likeness (QED) is 0.713. The zero-order valence-corrected chi connectivity index (χ0v) is 18.3. The van der Waals surface area contributed by atoms with Gasteiger partial charge in [-0.1, -0.05) is 13.8 Å². The lowest BCUT2D eigenvalue weighted by Gasteiger charge is -2.28. The van der Waals surface area contributed by atoms with Gasteiger partial charge in [-0.2, -0.15) is 12.7 Å². The van der Waals surface area contributed by atoms with Gasteiger partial charge in [0.2, 0.25) is 0 Å². The molecule has 2 atom stereocenters. The Morgan fingerprint density at radius 2 is 1.62 bits per heavy atom. The van der Waals surface area contributed by atoms with Crippen LogP contribution in [0.4, 0.5) is 4.39 Å². The highest BCUT2D eigenvalue weighted by molar-refractivity contribution is 7.90. The number of ether oxygens (including phenoxy) is 1. The van der Waals surface area contributed by atoms with Crippen molar-refractivity contribution in [1.29, 1.82) is 0 Å². The highest BCUT2D eigenvalue weighted by atomic mass is 32.2. The van der Waals surface area contributed by atoms with Crippen LogP contribution in [0.3, 0.4) is 0 Å². The largest absolute Gasteiger partial charge is 0.461 e. The maximum absolute atomic E-state index is 14.6. The molecule has 1 aliphatic rings. The van der Waals surface area contributed by atoms with Gasteiger partial charge >= 0.3 is 10.2 Å². The van der Waals surface area contributed by atoms with Crippen molar-refractivity contribution in [3.05, 3.63) is 47.5 Å². The average molecular weight is 447 g/mol. The zero-order valence-electron chi connectivity index (χ0n) is 16.6. The van der Waals surface area contributed by atoms with E-state index in [1.807, 2.05) is 4.72 Å². The Bertz CT molecular complexity index is 1070. The smallest absolute Gasteiger partial charge is 0.303 e. The predicted octanol–water partition coefficient (Wildman–Crippen LogP) is 1.78. The zero-order chi connectivity index (χ0) is 22.1. The molecule has 8 nitrogen and oxygen atoms in total. The minimum atomic E-state index is -4.06. The maximum Gasteiger partial charge on any atom is 0.303 e. The number of carbonyl (C=O) groups is 1. The highest BCUT2D eigenvalue weighted by Gasteiger charge is 2.35. The molecule has 0 radical (unpaired) electrons. The van der Waals surface area contributed by atoms with Crippen LogP contribution in [0.15, 0.2) is 52.4 Å². The third kappa shape index (κ3) is 5.22. The van der Waals surface area contributed by atoms with Crippen molar-refractivity contribution in [3.63, 3.8) is 0 Å². The molecule has 1 aliphatic carbocycles. The van der Waals surface area contributed by atoms with E-state index >= 15 is 0 Å². The van der Waals surface area contributed by atoms with E-state index in [1.165, 1.54) is 38.4 Å². The van der Waals surface area contributed by atoms with Crippen LogP contribution in [-0.4, -0.2) is 47.4 Å². The molecule has 0 aromatic heterocycles. The molecule has 0 spiro atoms. The lowest BCUT2D eigenvalue weighted by Crippen LogP contribution is -2.42. The van der Waals surface area contributed by atoms with Crippen LogP contribution in [0.2, 0.25) is 0 Å². The maximum atomic E-state index is 14.6. The monoisotopic (exact) mass is 446 g/mol. The first-order chi connectivity index (χ1) is 13.2. The molecule has 2 unspecified atom stereocenters. The summed E-state index contributed by atoms with van der Waals surface area (Å²) in [5, 5.41) is 0. The lowest BCUT2D eigenvalue weighted by molar-refractivity contribution is -0.116. The minimum Gasteiger partial charge on any atom is -0.461 e. The fourth-order valence-corrected chi connectivity index (χ4v) is 3.80. The SMILES string of the molecule is CC1C(Oc2ccc(S(C)(=O)=O)cc2)=CC(F)=C(C(=O)NS(=O)(=O)N(C)C)C1C. The minimum absolute atomic E-state index is 0.121. The molecule has 1 amide bonds. The number of allylic oxidation sites excluding steroid dienone is 3. The van der Waals surface area contributed by atoms with Crippen LogP contribution in [0.1, 0.15) is 13.8 Å². The van der Waals surface area contributed by atoms with Crippen molar-refractivity contribution >= 4 is 26.0 Å². The second-order valence-corrected chi connectivity index (χ2v) is 10.9. The molecular weight excluding hydrogens is 423 g/mol. The second kappa shape index (κ2) is 8.25. The molecule has 0 saturated heterocycles. The number of nitrogens with zero attached hydrogens (tertiary/aromatic N) is 1. The summed E-state index contributed by atoms with van der Waals surface area (Å²) in [7, 11) is -4.92. The Balaban J connectivity index is 2.30. The van der Waals surface area contributed by atoms with Gasteiger partial charge in [-0.25, -0.2) is 17.5 Å². The van der Waals surface area contributed by atoms with Crippen LogP contribution >= 0.6 is 0 Å². The molecule has 0 fully saturated rings. The summed E-state index contributed by atoms with van der Waals surface area (Å²) in [6.07, 6.45) is 2.12. The number of halogens is 1. The topological polar surface area (TPSA) is 110 Å². The normalized spacial score (nSPS) is 20.4. The van der Waals surface area contributed by atoms with E-state index in [2.05, 4.69) is 0 Å². The summed E-state index contributed by atoms with van der Waals surface area (Å²) in [4.78, 5) is 12.5. The summed E-state index contributed by atoms with van der Waals surface area (Å²) in [5.41, 5.74) is -0.289. The van der Waals surface area contributed by atoms with E-state index in [0.29, 0.717) is 5.75 Å². The standard InChI is InChI=1S/C18H23FN2O6S2/c1-11-12(2)17(18(22)20-29(25,26)21(3)4)15(19)10-16(11)27-13-6-8-14(9-7-13)28(5,23)24/h6-12H,1-5H3,(H,20,22). The fourth-order valence-electron chi connectivity index (χ4n) is 2.64. The molecule has 11 heteroatoms. The van der Waals surface area contributed by atoms with E-state index < -0.39 is 43.6 Å². The molecule has 1 aromatic rings. The Morgan fingerprint density at radius 1 is 1.07 bits per heavy atom. The van der Waals surface area contributed by atoms with Crippen molar-refractivity contribution < 1.29 is 30.8 Å². The van der Waals surface area contributed by atoms with Gasteiger partial charge in [-0.3, -0.25) is 4.79 Å². The van der Waals surface area contributed by atoms with Crippen molar-refractivity contribution in [3.8, 4) is 5.75 Å². The molecular formula is C18H23FN2O6S2. The third-order valence-electron chi connectivity index (χ3n) is 4.62. The third-order valence-corrected chi connectivity index (χ3v) is 7.15. The van der Waals surface area contributed by atoms with Gasteiger partial charge in [0.1, 0.15) is 17.3 Å². The van der Waals surface area contributed by atoms with E-state index in [9.17, 15) is 26.0 Å². The van der Waals surface area contributed by atoms with E-state index in [-0.39, 0.29) is 16.2 Å². The Labute approximate surface area is 170 Å². The van der Waals surface area contributed by atoms with Gasteiger partial charge in [0.05, 0.1) is 10.5 Å². The number of sulfone groups is 1. The van der Waals surface area contributed by atoms with Crippen molar-refractivity contribution in [2.75, 3.05) is 20.4 Å². The predicted molar refractivity (Wildman–Crippen MR) is 105 cm³/mol. The molecule has 1 aromatic carbocycles. The van der Waals surface area contributed by atoms with Crippen LogP contribution in [-0.2, 0) is 24.8 Å². The number of hydrogen-bond acceptors (Lipinski definition) is 6. The lowest BCUT2D eigenvalue weighted by atomic mass is 9.82. The molecule has 29 heavy (non-hydrogen) atoms. The summed E-state index contributed by atoms with van der Waals surface area (Å²) in [6, 6.07) is 5.64. The number of carbonyl (C=O) groups excluding carboxylic acids is 1. The first-order valence-corrected chi connectivity index (χ1v) is 11.9. The van der Waals surface area contributed by atoms with Crippen LogP contribution in [0.5, 0.6) is 5.75 Å². The van der Waals surface area contributed by atoms with Gasteiger partial charge in [-0.05, 0) is 30.2 Å². The second-order valence-electron chi connectivity index (χ2n) is 6.95. The molecule has 0 bridgehead atoms. The molecule has 2 rings (SSSR count). The van der Waals surface area contributed by atoms with Gasteiger partial charge in [0.25, 0.3) is 5.91 Å². The van der Waals surface area contributed by atoms with Crippen LogP contribution in [0.25, 0.3) is 0 Å². The number of benzene rings is 1. The molecule has 1 N–H and O–H groups in total. The fraction of sp³-hybridized carbons (Fsp3) is 0.389. The van der Waals surface area contributed by atoms with E-state index in [1.54, 1.807) is 13.8 Å². The van der Waals surface area contributed by atoms with Gasteiger partial charge in [-0.15, -0.1) is 0 Å². The number of rotatable bonds is 6. The molecule has 0 heterocycles. The van der Waals surface area contributed by atoms with Gasteiger partial charge < -0.3 is 4.74 Å². The van der Waals surface area contributed by atoms with E-state index in [4.69, 9.17) is 4.74 Å². The number of amides is 1. The molecule has 160 valence electrons. The van der Waals surface area contributed by atoms with Crippen LogP contribution in [0, 0.1) is 11.8 Å². The highest BCUT2D eigenvalue weighted by Crippen LogP contribution is 2.36. The van der Waals surface area contributed by atoms with Crippen molar-refractivity contribution in [2.45, 2.75) is 18.7 Å². The summed E-state index contributed by atoms with van der Waals surface area (Å²) in [5.74, 6) is -2.50. The summed E-state index contributed by atoms with van der Waals surface area (Å²) < 4.78 is 69.7. The Kier molecular flexibility index (Phi) is 6.55. The summed E-state index contributed by atoms with van der Waals surface area (Å²) in [6.45, 7) is 3.30. The van der Waals surface area contributed by atoms with Crippen molar-refractivity contribution in [2.24, 2.45) is 11.8 Å². The first-order valence-electron chi connectivity index (χ1n) is 8.58. The average Bonchev–Trinajstić information content (AvgIpc) is 2.58. The first kappa shape index (κ1) is 23.0.